The highest BCUT2D eigenvalue weighted by Gasteiger charge is 2.36. The van der Waals surface area contributed by atoms with Gasteiger partial charge in [-0.2, -0.15) is 0 Å². The van der Waals surface area contributed by atoms with E-state index in [2.05, 4.69) is 11.3 Å². The predicted octanol–water partition coefficient (Wildman–Crippen LogP) is 0.811. The molecule has 1 fully saturated rings. The average molecular weight is 184 g/mol. The molecule has 0 N–H and O–H groups in total. The van der Waals surface area contributed by atoms with Crippen molar-refractivity contribution in [2.75, 3.05) is 6.61 Å². The first kappa shape index (κ1) is 9.77. The van der Waals surface area contributed by atoms with Gasteiger partial charge in [0.15, 0.2) is 0 Å². The van der Waals surface area contributed by atoms with Crippen molar-refractivity contribution >= 4 is 11.9 Å². The lowest BCUT2D eigenvalue weighted by molar-refractivity contribution is -0.185. The summed E-state index contributed by atoms with van der Waals surface area (Å²) in [6.45, 7) is 5.83. The maximum atomic E-state index is 11.0. The standard InChI is InChI=1S/C9H12O4/c1-6(2)3-4-12-9(11)7-5-8(10)13-7/h7H,1,3-5H2,2H3. The van der Waals surface area contributed by atoms with Crippen molar-refractivity contribution in [1.82, 2.24) is 0 Å². The fourth-order valence-electron chi connectivity index (χ4n) is 0.851. The van der Waals surface area contributed by atoms with Crippen LogP contribution in [0.5, 0.6) is 0 Å². The van der Waals surface area contributed by atoms with Gasteiger partial charge in [0.1, 0.15) is 0 Å². The van der Waals surface area contributed by atoms with E-state index in [1.54, 1.807) is 0 Å². The minimum atomic E-state index is -0.669. The number of ether oxygens (including phenoxy) is 2. The molecule has 1 heterocycles. The van der Waals surface area contributed by atoms with E-state index < -0.39 is 12.1 Å². The molecule has 0 aromatic heterocycles. The summed E-state index contributed by atoms with van der Waals surface area (Å²) < 4.78 is 9.35. The van der Waals surface area contributed by atoms with E-state index in [9.17, 15) is 9.59 Å². The molecule has 4 nitrogen and oxygen atoms in total. The van der Waals surface area contributed by atoms with Gasteiger partial charge >= 0.3 is 11.9 Å². The van der Waals surface area contributed by atoms with Gasteiger partial charge in [-0.3, -0.25) is 4.79 Å². The zero-order chi connectivity index (χ0) is 9.84. The Kier molecular flexibility index (Phi) is 3.06. The molecule has 0 aliphatic carbocycles. The molecule has 1 aliphatic rings. The zero-order valence-electron chi connectivity index (χ0n) is 7.54. The molecule has 1 aliphatic heterocycles. The summed E-state index contributed by atoms with van der Waals surface area (Å²) in [6, 6.07) is 0. The van der Waals surface area contributed by atoms with E-state index in [-0.39, 0.29) is 12.4 Å². The van der Waals surface area contributed by atoms with E-state index in [4.69, 9.17) is 4.74 Å². The fraction of sp³-hybridized carbons (Fsp3) is 0.556. The minimum absolute atomic E-state index is 0.145. The van der Waals surface area contributed by atoms with Gasteiger partial charge in [-0.25, -0.2) is 4.79 Å². The van der Waals surface area contributed by atoms with E-state index >= 15 is 0 Å². The van der Waals surface area contributed by atoms with Crippen LogP contribution in [0.25, 0.3) is 0 Å². The van der Waals surface area contributed by atoms with Crippen LogP contribution in [0.2, 0.25) is 0 Å². The quantitative estimate of drug-likeness (QED) is 0.479. The summed E-state index contributed by atoms with van der Waals surface area (Å²) in [5, 5.41) is 0. The molecule has 1 saturated heterocycles. The molecule has 0 bridgehead atoms. The third kappa shape index (κ3) is 2.89. The Bertz CT molecular complexity index is 236. The van der Waals surface area contributed by atoms with Crippen molar-refractivity contribution in [1.29, 1.82) is 0 Å². The lowest BCUT2D eigenvalue weighted by Gasteiger charge is -2.23. The molecule has 72 valence electrons. The van der Waals surface area contributed by atoms with Crippen LogP contribution in [0.1, 0.15) is 19.8 Å². The van der Waals surface area contributed by atoms with Crippen LogP contribution in [0.3, 0.4) is 0 Å². The molecular formula is C9H12O4. The molecule has 0 aromatic carbocycles. The van der Waals surface area contributed by atoms with Crippen molar-refractivity contribution in [3.05, 3.63) is 12.2 Å². The second-order valence-corrected chi connectivity index (χ2v) is 3.06. The highest BCUT2D eigenvalue weighted by atomic mass is 16.6. The summed E-state index contributed by atoms with van der Waals surface area (Å²) in [5.74, 6) is -0.803. The second-order valence-electron chi connectivity index (χ2n) is 3.06. The minimum Gasteiger partial charge on any atom is -0.463 e. The van der Waals surface area contributed by atoms with Gasteiger partial charge in [-0.05, 0) is 6.92 Å². The lowest BCUT2D eigenvalue weighted by atomic mass is 10.2. The summed E-state index contributed by atoms with van der Waals surface area (Å²) in [5.41, 5.74) is 0.957. The summed E-state index contributed by atoms with van der Waals surface area (Å²) in [6.07, 6.45) is 0.121. The van der Waals surface area contributed by atoms with Crippen LogP contribution in [0.4, 0.5) is 0 Å². The van der Waals surface area contributed by atoms with Gasteiger partial charge in [0, 0.05) is 6.42 Å². The largest absolute Gasteiger partial charge is 0.463 e. The van der Waals surface area contributed by atoms with Crippen LogP contribution in [-0.2, 0) is 19.1 Å². The number of cyclic esters (lactones) is 1. The average Bonchev–Trinajstić information content (AvgIpc) is 1.97. The molecule has 0 radical (unpaired) electrons. The van der Waals surface area contributed by atoms with E-state index in [0.717, 1.165) is 5.57 Å². The first-order valence-corrected chi connectivity index (χ1v) is 4.10. The number of carbonyl (C=O) groups is 2. The van der Waals surface area contributed by atoms with E-state index in [0.29, 0.717) is 13.0 Å². The highest BCUT2D eigenvalue weighted by molar-refractivity contribution is 5.89. The number of rotatable bonds is 4. The normalized spacial score (nSPS) is 20.1. The van der Waals surface area contributed by atoms with Crippen molar-refractivity contribution in [2.45, 2.75) is 25.9 Å². The zero-order valence-corrected chi connectivity index (χ0v) is 7.54. The Hall–Kier alpha value is -1.32. The van der Waals surface area contributed by atoms with Gasteiger partial charge in [0.2, 0.25) is 6.10 Å². The monoisotopic (exact) mass is 184 g/mol. The van der Waals surface area contributed by atoms with Crippen molar-refractivity contribution in [3.8, 4) is 0 Å². The van der Waals surface area contributed by atoms with E-state index in [1.807, 2.05) is 6.92 Å². The maximum Gasteiger partial charge on any atom is 0.348 e. The molecule has 0 saturated carbocycles. The number of esters is 2. The Morgan fingerprint density at radius 2 is 2.38 bits per heavy atom. The third-order valence-corrected chi connectivity index (χ3v) is 1.66. The molecule has 4 heteroatoms. The third-order valence-electron chi connectivity index (χ3n) is 1.66. The lowest BCUT2D eigenvalue weighted by Crippen LogP contribution is -2.40. The Balaban J connectivity index is 2.11. The molecule has 1 unspecified atom stereocenters. The van der Waals surface area contributed by atoms with Crippen LogP contribution >= 0.6 is 0 Å². The topological polar surface area (TPSA) is 52.6 Å². The molecular weight excluding hydrogens is 172 g/mol. The first-order chi connectivity index (χ1) is 6.09. The van der Waals surface area contributed by atoms with Gasteiger partial charge in [-0.15, -0.1) is 6.58 Å². The van der Waals surface area contributed by atoms with Crippen molar-refractivity contribution in [2.24, 2.45) is 0 Å². The van der Waals surface area contributed by atoms with Gasteiger partial charge < -0.3 is 9.47 Å². The van der Waals surface area contributed by atoms with E-state index in [1.165, 1.54) is 0 Å². The summed E-state index contributed by atoms with van der Waals surface area (Å²) >= 11 is 0. The Morgan fingerprint density at radius 1 is 1.77 bits per heavy atom. The Morgan fingerprint density at radius 3 is 2.85 bits per heavy atom. The molecule has 0 aromatic rings. The molecule has 0 spiro atoms. The molecule has 13 heavy (non-hydrogen) atoms. The van der Waals surface area contributed by atoms with Crippen molar-refractivity contribution < 1.29 is 19.1 Å². The summed E-state index contributed by atoms with van der Waals surface area (Å²) in [7, 11) is 0. The molecule has 1 rings (SSSR count). The maximum absolute atomic E-state index is 11.0. The predicted molar refractivity (Wildman–Crippen MR) is 44.9 cm³/mol. The van der Waals surface area contributed by atoms with Crippen LogP contribution in [0, 0.1) is 0 Å². The van der Waals surface area contributed by atoms with Gasteiger partial charge in [0.25, 0.3) is 0 Å². The van der Waals surface area contributed by atoms with Gasteiger partial charge in [-0.1, -0.05) is 5.57 Å². The second kappa shape index (κ2) is 4.07. The number of hydrogen-bond donors (Lipinski definition) is 0. The van der Waals surface area contributed by atoms with Crippen LogP contribution in [-0.4, -0.2) is 24.6 Å². The Labute approximate surface area is 76.5 Å². The number of hydrogen-bond acceptors (Lipinski definition) is 4. The molecule has 0 amide bonds. The van der Waals surface area contributed by atoms with Crippen LogP contribution < -0.4 is 0 Å². The summed E-state index contributed by atoms with van der Waals surface area (Å²) in [4.78, 5) is 21.4. The SMILES string of the molecule is C=C(C)CCOC(=O)C1CC(=O)O1. The smallest absolute Gasteiger partial charge is 0.348 e. The number of carbonyl (C=O) groups excluding carboxylic acids is 2. The van der Waals surface area contributed by atoms with Crippen molar-refractivity contribution in [3.63, 3.8) is 0 Å². The fourth-order valence-corrected chi connectivity index (χ4v) is 0.851. The highest BCUT2D eigenvalue weighted by Crippen LogP contribution is 2.14. The van der Waals surface area contributed by atoms with Gasteiger partial charge in [0.05, 0.1) is 13.0 Å². The first-order valence-electron chi connectivity index (χ1n) is 4.10. The van der Waals surface area contributed by atoms with Crippen LogP contribution in [0.15, 0.2) is 12.2 Å². The molecule has 1 atom stereocenters.